The van der Waals surface area contributed by atoms with Crippen LogP contribution in [0.4, 0.5) is 0 Å². The summed E-state index contributed by atoms with van der Waals surface area (Å²) in [4.78, 5) is 31.8. The van der Waals surface area contributed by atoms with Crippen LogP contribution in [0.5, 0.6) is 0 Å². The van der Waals surface area contributed by atoms with Crippen molar-refractivity contribution in [2.24, 2.45) is 5.73 Å². The summed E-state index contributed by atoms with van der Waals surface area (Å²) in [6.07, 6.45) is 24.7. The number of carboxylic acids is 1. The van der Waals surface area contributed by atoms with Crippen molar-refractivity contribution in [1.82, 2.24) is 0 Å². The summed E-state index contributed by atoms with van der Waals surface area (Å²) >= 11 is 0. The minimum atomic E-state index is -4.58. The largest absolute Gasteiger partial charge is 0.480 e. The molecule has 0 saturated heterocycles. The third-order valence-electron chi connectivity index (χ3n) is 6.84. The monoisotopic (exact) mass is 595 g/mol. The molecule has 0 aromatic rings. The standard InChI is InChI=1S/C29H58NO9P/c1-2-3-4-5-6-7-8-9-10-11-12-13-14-15-16-17-18-19-20-21-22-28(32)37-23-26(31)24-38-40(35,36)39-25-27(30)29(33)34/h26-27,31H,2-25,30H2,1H3,(H,33,34)(H,35,36)/t26-,27+/m1/s1. The van der Waals surface area contributed by atoms with Crippen LogP contribution in [-0.4, -0.2) is 59.0 Å². The molecule has 238 valence electrons. The number of carboxylic acid groups (broad SMARTS) is 1. The molecule has 0 aromatic heterocycles. The SMILES string of the molecule is CCCCCCCCCCCCCCCCCCCCCCC(=O)OC[C@@H](O)COP(=O)(O)OC[C@H](N)C(=O)O. The molecule has 0 aliphatic rings. The molecule has 0 amide bonds. The first kappa shape index (κ1) is 39.0. The van der Waals surface area contributed by atoms with Crippen LogP contribution in [0.1, 0.15) is 142 Å². The highest BCUT2D eigenvalue weighted by Gasteiger charge is 2.26. The molecule has 0 aliphatic carbocycles. The van der Waals surface area contributed by atoms with E-state index in [1.165, 1.54) is 109 Å². The lowest BCUT2D eigenvalue weighted by Gasteiger charge is -2.16. The first-order valence-corrected chi connectivity index (χ1v) is 17.1. The van der Waals surface area contributed by atoms with Gasteiger partial charge in [-0.1, -0.05) is 129 Å². The molecule has 0 rings (SSSR count). The van der Waals surface area contributed by atoms with E-state index in [2.05, 4.69) is 16.0 Å². The van der Waals surface area contributed by atoms with Crippen LogP contribution in [0.2, 0.25) is 0 Å². The van der Waals surface area contributed by atoms with Crippen LogP contribution >= 0.6 is 7.82 Å². The maximum absolute atomic E-state index is 11.8. The van der Waals surface area contributed by atoms with Crippen molar-refractivity contribution < 1.29 is 43.0 Å². The van der Waals surface area contributed by atoms with Gasteiger partial charge in [0.15, 0.2) is 0 Å². The summed E-state index contributed by atoms with van der Waals surface area (Å²) in [5, 5.41) is 18.4. The Kier molecular flexibility index (Phi) is 26.2. The van der Waals surface area contributed by atoms with Crippen LogP contribution in [-0.2, 0) is 27.9 Å². The van der Waals surface area contributed by atoms with E-state index < -0.39 is 45.1 Å². The third-order valence-corrected chi connectivity index (χ3v) is 7.79. The van der Waals surface area contributed by atoms with E-state index >= 15 is 0 Å². The fourth-order valence-electron chi connectivity index (χ4n) is 4.30. The number of nitrogens with two attached hydrogens (primary N) is 1. The number of unbranched alkanes of at least 4 members (excludes halogenated alkanes) is 19. The molecule has 0 saturated carbocycles. The number of carbonyl (C=O) groups excluding carboxylic acids is 1. The predicted octanol–water partition coefficient (Wildman–Crippen LogP) is 6.65. The van der Waals surface area contributed by atoms with E-state index in [-0.39, 0.29) is 13.0 Å². The Labute approximate surface area is 242 Å². The van der Waals surface area contributed by atoms with Gasteiger partial charge in [0.05, 0.1) is 13.2 Å². The first-order valence-electron chi connectivity index (χ1n) is 15.6. The van der Waals surface area contributed by atoms with Gasteiger partial charge in [-0.3, -0.25) is 18.6 Å². The molecule has 40 heavy (non-hydrogen) atoms. The second-order valence-corrected chi connectivity index (χ2v) is 12.3. The lowest BCUT2D eigenvalue weighted by molar-refractivity contribution is -0.147. The number of phosphoric acid groups is 1. The number of carbonyl (C=O) groups is 2. The molecule has 1 unspecified atom stereocenters. The maximum Gasteiger partial charge on any atom is 0.472 e. The minimum Gasteiger partial charge on any atom is -0.480 e. The van der Waals surface area contributed by atoms with Crippen LogP contribution < -0.4 is 5.73 Å². The zero-order valence-corrected chi connectivity index (χ0v) is 25.8. The predicted molar refractivity (Wildman–Crippen MR) is 157 cm³/mol. The van der Waals surface area contributed by atoms with Gasteiger partial charge in [0, 0.05) is 6.42 Å². The molecule has 0 aromatic carbocycles. The topological polar surface area (TPSA) is 166 Å². The number of esters is 1. The Morgan fingerprint density at radius 2 is 1.05 bits per heavy atom. The van der Waals surface area contributed by atoms with Crippen LogP contribution in [0.15, 0.2) is 0 Å². The number of aliphatic carboxylic acids is 1. The molecule has 11 heteroatoms. The molecule has 0 fully saturated rings. The number of ether oxygens (including phenoxy) is 1. The summed E-state index contributed by atoms with van der Waals surface area (Å²) in [5.41, 5.74) is 5.17. The van der Waals surface area contributed by atoms with Gasteiger partial charge >= 0.3 is 19.8 Å². The number of rotatable bonds is 30. The average molecular weight is 596 g/mol. The molecule has 0 spiro atoms. The Morgan fingerprint density at radius 1 is 0.675 bits per heavy atom. The Hall–Kier alpha value is -1.03. The van der Waals surface area contributed by atoms with Crippen molar-refractivity contribution >= 4 is 19.8 Å². The fourth-order valence-corrected chi connectivity index (χ4v) is 5.08. The molecule has 0 aliphatic heterocycles. The quantitative estimate of drug-likeness (QED) is 0.0401. The number of aliphatic hydroxyl groups excluding tert-OH is 1. The van der Waals surface area contributed by atoms with Gasteiger partial charge in [0.25, 0.3) is 0 Å². The molecule has 10 nitrogen and oxygen atoms in total. The smallest absolute Gasteiger partial charge is 0.472 e. The summed E-state index contributed by atoms with van der Waals surface area (Å²) in [6.45, 7) is 0.533. The average Bonchev–Trinajstić information content (AvgIpc) is 2.92. The van der Waals surface area contributed by atoms with E-state index in [0.717, 1.165) is 12.8 Å². The van der Waals surface area contributed by atoms with Crippen molar-refractivity contribution in [2.75, 3.05) is 19.8 Å². The summed E-state index contributed by atoms with van der Waals surface area (Å²) in [6, 6.07) is -1.48. The van der Waals surface area contributed by atoms with Crippen molar-refractivity contribution in [2.45, 2.75) is 154 Å². The van der Waals surface area contributed by atoms with Gasteiger partial charge in [-0.05, 0) is 6.42 Å². The van der Waals surface area contributed by atoms with E-state index in [1.54, 1.807) is 0 Å². The van der Waals surface area contributed by atoms with Crippen LogP contribution in [0.3, 0.4) is 0 Å². The summed E-state index contributed by atoms with van der Waals surface area (Å²) in [7, 11) is -4.58. The molecule has 0 bridgehead atoms. The third kappa shape index (κ3) is 27.2. The first-order chi connectivity index (χ1) is 19.2. The van der Waals surface area contributed by atoms with Gasteiger partial charge < -0.3 is 25.6 Å². The maximum atomic E-state index is 11.8. The van der Waals surface area contributed by atoms with Gasteiger partial charge in [0.2, 0.25) is 0 Å². The lowest BCUT2D eigenvalue weighted by atomic mass is 10.0. The van der Waals surface area contributed by atoms with Crippen molar-refractivity contribution in [3.63, 3.8) is 0 Å². The van der Waals surface area contributed by atoms with E-state index in [0.29, 0.717) is 6.42 Å². The van der Waals surface area contributed by atoms with Gasteiger partial charge in [-0.25, -0.2) is 4.57 Å². The Balaban J connectivity index is 3.45. The van der Waals surface area contributed by atoms with E-state index in [9.17, 15) is 24.2 Å². The van der Waals surface area contributed by atoms with Gasteiger partial charge in [-0.15, -0.1) is 0 Å². The molecular formula is C29H58NO9P. The second kappa shape index (κ2) is 26.8. The van der Waals surface area contributed by atoms with Gasteiger partial charge in [0.1, 0.15) is 18.8 Å². The number of aliphatic hydroxyl groups is 1. The van der Waals surface area contributed by atoms with Crippen molar-refractivity contribution in [3.05, 3.63) is 0 Å². The van der Waals surface area contributed by atoms with Gasteiger partial charge in [-0.2, -0.15) is 0 Å². The highest BCUT2D eigenvalue weighted by molar-refractivity contribution is 7.47. The van der Waals surface area contributed by atoms with Crippen molar-refractivity contribution in [3.8, 4) is 0 Å². The fraction of sp³-hybridized carbons (Fsp3) is 0.931. The highest BCUT2D eigenvalue weighted by atomic mass is 31.2. The number of phosphoric ester groups is 1. The molecule has 5 N–H and O–H groups in total. The van der Waals surface area contributed by atoms with E-state index in [1.807, 2.05) is 0 Å². The lowest BCUT2D eigenvalue weighted by Crippen LogP contribution is -2.34. The number of hydrogen-bond acceptors (Lipinski definition) is 8. The van der Waals surface area contributed by atoms with Crippen molar-refractivity contribution in [1.29, 1.82) is 0 Å². The zero-order valence-electron chi connectivity index (χ0n) is 24.9. The molecule has 0 radical (unpaired) electrons. The second-order valence-electron chi connectivity index (χ2n) is 10.8. The highest BCUT2D eigenvalue weighted by Crippen LogP contribution is 2.43. The molecule has 3 atom stereocenters. The summed E-state index contributed by atoms with van der Waals surface area (Å²) < 4.78 is 25.6. The molecule has 0 heterocycles. The number of hydrogen-bond donors (Lipinski definition) is 4. The van der Waals surface area contributed by atoms with Crippen LogP contribution in [0, 0.1) is 0 Å². The molecular weight excluding hydrogens is 537 g/mol. The zero-order chi connectivity index (χ0) is 29.9. The Morgan fingerprint density at radius 3 is 1.45 bits per heavy atom. The van der Waals surface area contributed by atoms with E-state index in [4.69, 9.17) is 15.6 Å². The minimum absolute atomic E-state index is 0.251. The Bertz CT molecular complexity index is 665. The normalized spacial score (nSPS) is 14.5. The summed E-state index contributed by atoms with van der Waals surface area (Å²) in [5.74, 6) is -1.84. The van der Waals surface area contributed by atoms with Crippen LogP contribution in [0.25, 0.3) is 0 Å².